The number of hydrogen-bond acceptors (Lipinski definition) is 2. The highest BCUT2D eigenvalue weighted by Crippen LogP contribution is 2.25. The first-order chi connectivity index (χ1) is 5.22. The molecular weight excluding hydrogens is 140 g/mol. The number of carbonyl (C=O) groups excluding carboxylic acids is 1. The van der Waals surface area contributed by atoms with Crippen molar-refractivity contribution in [3.63, 3.8) is 0 Å². The van der Waals surface area contributed by atoms with Gasteiger partial charge >= 0.3 is 0 Å². The van der Waals surface area contributed by atoms with Crippen LogP contribution < -0.4 is 0 Å². The van der Waals surface area contributed by atoms with Gasteiger partial charge in [0.05, 0.1) is 12.2 Å². The first-order valence-corrected chi connectivity index (χ1v) is 4.31. The normalized spacial score (nSPS) is 38.5. The van der Waals surface area contributed by atoms with Crippen LogP contribution in [0.4, 0.5) is 0 Å². The van der Waals surface area contributed by atoms with Gasteiger partial charge in [0.25, 0.3) is 0 Å². The van der Waals surface area contributed by atoms with E-state index in [-0.39, 0.29) is 6.10 Å². The van der Waals surface area contributed by atoms with Gasteiger partial charge in [-0.1, -0.05) is 6.92 Å². The van der Waals surface area contributed by atoms with E-state index in [1.165, 1.54) is 0 Å². The van der Waals surface area contributed by atoms with Crippen LogP contribution in [0.3, 0.4) is 0 Å². The van der Waals surface area contributed by atoms with E-state index in [0.29, 0.717) is 18.4 Å². The summed E-state index contributed by atoms with van der Waals surface area (Å²) < 4.78 is 5.57. The van der Waals surface area contributed by atoms with Crippen molar-refractivity contribution in [2.45, 2.75) is 45.3 Å². The molecule has 0 saturated carbocycles. The zero-order valence-corrected chi connectivity index (χ0v) is 7.25. The quantitative estimate of drug-likeness (QED) is 0.570. The van der Waals surface area contributed by atoms with Crippen LogP contribution in [0, 0.1) is 5.92 Å². The summed E-state index contributed by atoms with van der Waals surface area (Å²) in [5.41, 5.74) is 0. The van der Waals surface area contributed by atoms with Gasteiger partial charge in [-0.2, -0.15) is 0 Å². The highest BCUT2D eigenvalue weighted by Gasteiger charge is 2.23. The molecule has 0 aromatic rings. The molecule has 0 spiro atoms. The van der Waals surface area contributed by atoms with E-state index in [9.17, 15) is 4.79 Å². The third-order valence-electron chi connectivity index (χ3n) is 2.18. The summed E-state index contributed by atoms with van der Waals surface area (Å²) in [6.07, 6.45) is 4.22. The van der Waals surface area contributed by atoms with E-state index in [1.807, 2.05) is 0 Å². The highest BCUT2D eigenvalue weighted by atomic mass is 16.5. The van der Waals surface area contributed by atoms with Crippen LogP contribution in [0.2, 0.25) is 0 Å². The summed E-state index contributed by atoms with van der Waals surface area (Å²) in [5, 5.41) is 0. The molecule has 2 nitrogen and oxygen atoms in total. The molecule has 64 valence electrons. The van der Waals surface area contributed by atoms with Crippen molar-refractivity contribution in [1.82, 2.24) is 0 Å². The molecule has 0 aromatic carbocycles. The van der Waals surface area contributed by atoms with Crippen LogP contribution in [0.1, 0.15) is 33.1 Å². The molecule has 2 heteroatoms. The molecule has 1 aliphatic rings. The summed E-state index contributed by atoms with van der Waals surface area (Å²) in [6.45, 7) is 4.30. The third-order valence-corrected chi connectivity index (χ3v) is 2.18. The molecule has 11 heavy (non-hydrogen) atoms. The van der Waals surface area contributed by atoms with Crippen LogP contribution in [0.25, 0.3) is 0 Å². The van der Waals surface area contributed by atoms with Crippen molar-refractivity contribution < 1.29 is 9.53 Å². The Kier molecular flexibility index (Phi) is 3.06. The van der Waals surface area contributed by atoms with Gasteiger partial charge in [-0.05, 0) is 25.7 Å². The first kappa shape index (κ1) is 8.72. The molecule has 0 radical (unpaired) electrons. The lowest BCUT2D eigenvalue weighted by atomic mass is 9.93. The average molecular weight is 156 g/mol. The van der Waals surface area contributed by atoms with Gasteiger partial charge in [0.1, 0.15) is 6.29 Å². The van der Waals surface area contributed by atoms with E-state index in [4.69, 9.17) is 4.74 Å². The molecule has 0 aliphatic carbocycles. The number of rotatable bonds is 2. The Labute approximate surface area is 67.9 Å². The molecule has 3 atom stereocenters. The van der Waals surface area contributed by atoms with E-state index in [1.54, 1.807) is 0 Å². The van der Waals surface area contributed by atoms with Crippen LogP contribution in [0.5, 0.6) is 0 Å². The maximum absolute atomic E-state index is 10.2. The minimum absolute atomic E-state index is 0.186. The zero-order chi connectivity index (χ0) is 8.27. The Balaban J connectivity index is 2.36. The molecule has 1 fully saturated rings. The van der Waals surface area contributed by atoms with Crippen LogP contribution in [0.15, 0.2) is 0 Å². The molecule has 1 aliphatic heterocycles. The molecular formula is C9H16O2. The Hall–Kier alpha value is -0.370. The summed E-state index contributed by atoms with van der Waals surface area (Å²) >= 11 is 0. The van der Waals surface area contributed by atoms with Gasteiger partial charge in [-0.3, -0.25) is 0 Å². The molecule has 0 N–H and O–H groups in total. The van der Waals surface area contributed by atoms with Gasteiger partial charge in [-0.15, -0.1) is 0 Å². The smallest absolute Gasteiger partial charge is 0.122 e. The van der Waals surface area contributed by atoms with E-state index < -0.39 is 0 Å². The summed E-state index contributed by atoms with van der Waals surface area (Å²) in [7, 11) is 0. The van der Waals surface area contributed by atoms with E-state index in [0.717, 1.165) is 19.1 Å². The molecule has 0 bridgehead atoms. The van der Waals surface area contributed by atoms with Crippen LogP contribution in [-0.2, 0) is 9.53 Å². The number of ether oxygens (including phenoxy) is 1. The zero-order valence-electron chi connectivity index (χ0n) is 7.25. The topological polar surface area (TPSA) is 26.3 Å². The number of hydrogen-bond donors (Lipinski definition) is 0. The van der Waals surface area contributed by atoms with Gasteiger partial charge < -0.3 is 9.53 Å². The fourth-order valence-corrected chi connectivity index (χ4v) is 1.81. The summed E-state index contributed by atoms with van der Waals surface area (Å²) in [6, 6.07) is 0. The maximum Gasteiger partial charge on any atom is 0.122 e. The van der Waals surface area contributed by atoms with Gasteiger partial charge in [0.2, 0.25) is 0 Å². The monoisotopic (exact) mass is 156 g/mol. The highest BCUT2D eigenvalue weighted by molar-refractivity contribution is 5.50. The fraction of sp³-hybridized carbons (Fsp3) is 0.889. The van der Waals surface area contributed by atoms with Gasteiger partial charge in [0, 0.05) is 6.42 Å². The molecule has 1 saturated heterocycles. The largest absolute Gasteiger partial charge is 0.375 e. The van der Waals surface area contributed by atoms with Crippen molar-refractivity contribution in [1.29, 1.82) is 0 Å². The average Bonchev–Trinajstić information content (AvgIpc) is 1.85. The Morgan fingerprint density at radius 3 is 2.73 bits per heavy atom. The third kappa shape index (κ3) is 2.62. The molecule has 1 heterocycles. The Morgan fingerprint density at radius 1 is 1.45 bits per heavy atom. The second-order valence-corrected chi connectivity index (χ2v) is 3.55. The molecule has 1 unspecified atom stereocenters. The van der Waals surface area contributed by atoms with Crippen LogP contribution >= 0.6 is 0 Å². The predicted molar refractivity (Wildman–Crippen MR) is 43.4 cm³/mol. The van der Waals surface area contributed by atoms with Gasteiger partial charge in [0.15, 0.2) is 0 Å². The standard InChI is InChI=1S/C9H16O2/c1-7-5-8(2)11-9(6-7)3-4-10/h4,7-9H,3,5-6H2,1-2H3/t7-,8?,9-/m1/s1. The molecule has 1 rings (SSSR count). The Morgan fingerprint density at radius 2 is 2.18 bits per heavy atom. The van der Waals surface area contributed by atoms with E-state index in [2.05, 4.69) is 13.8 Å². The summed E-state index contributed by atoms with van der Waals surface area (Å²) in [4.78, 5) is 10.2. The van der Waals surface area contributed by atoms with Crippen LogP contribution in [-0.4, -0.2) is 18.5 Å². The summed E-state index contributed by atoms with van der Waals surface area (Å²) in [5.74, 6) is 0.712. The lowest BCUT2D eigenvalue weighted by molar-refractivity contribution is -0.114. The van der Waals surface area contributed by atoms with Crippen molar-refractivity contribution in [3.05, 3.63) is 0 Å². The number of carbonyl (C=O) groups is 1. The van der Waals surface area contributed by atoms with E-state index >= 15 is 0 Å². The second kappa shape index (κ2) is 3.86. The number of aldehydes is 1. The van der Waals surface area contributed by atoms with Crippen molar-refractivity contribution in [2.75, 3.05) is 0 Å². The van der Waals surface area contributed by atoms with Crippen molar-refractivity contribution in [2.24, 2.45) is 5.92 Å². The van der Waals surface area contributed by atoms with Gasteiger partial charge in [-0.25, -0.2) is 0 Å². The minimum Gasteiger partial charge on any atom is -0.375 e. The second-order valence-electron chi connectivity index (χ2n) is 3.55. The first-order valence-electron chi connectivity index (χ1n) is 4.31. The predicted octanol–water partition coefficient (Wildman–Crippen LogP) is 1.78. The Bertz CT molecular complexity index is 124. The SMILES string of the molecule is CC1C[C@@H](C)C[C@@H](CC=O)O1. The van der Waals surface area contributed by atoms with Crippen molar-refractivity contribution >= 4 is 6.29 Å². The maximum atomic E-state index is 10.2. The fourth-order valence-electron chi connectivity index (χ4n) is 1.81. The van der Waals surface area contributed by atoms with Crippen molar-refractivity contribution in [3.8, 4) is 0 Å². The molecule has 0 aromatic heterocycles. The molecule has 0 amide bonds. The lowest BCUT2D eigenvalue weighted by Crippen LogP contribution is -2.30. The minimum atomic E-state index is 0.186. The lowest BCUT2D eigenvalue weighted by Gasteiger charge is -2.31.